The van der Waals surface area contributed by atoms with Gasteiger partial charge in [-0.25, -0.2) is 0 Å². The highest BCUT2D eigenvalue weighted by Gasteiger charge is 2.22. The third-order valence-corrected chi connectivity index (χ3v) is 4.47. The Hall–Kier alpha value is -2.01. The zero-order chi connectivity index (χ0) is 16.4. The molecule has 23 heavy (non-hydrogen) atoms. The number of aryl methyl sites for hydroxylation is 2. The fourth-order valence-corrected chi connectivity index (χ4v) is 3.17. The normalized spacial score (nSPS) is 15.1. The molecule has 6 heteroatoms. The lowest BCUT2D eigenvalue weighted by molar-refractivity contribution is -0.130. The fraction of sp³-hybridized carbons (Fsp3) is 0.412. The number of piperazine rings is 1. The van der Waals surface area contributed by atoms with Gasteiger partial charge in [-0.3, -0.25) is 9.48 Å². The lowest BCUT2D eigenvalue weighted by atomic mass is 10.2. The topological polar surface area (TPSA) is 41.4 Å². The molecule has 2 heterocycles. The number of aromatic nitrogens is 2. The molecular weight excluding hydrogens is 312 g/mol. The second-order valence-corrected chi connectivity index (χ2v) is 6.36. The van der Waals surface area contributed by atoms with Crippen molar-refractivity contribution in [1.82, 2.24) is 14.7 Å². The van der Waals surface area contributed by atoms with Gasteiger partial charge in [-0.1, -0.05) is 17.7 Å². The van der Waals surface area contributed by atoms with Crippen LogP contribution in [-0.4, -0.2) is 46.8 Å². The van der Waals surface area contributed by atoms with Crippen LogP contribution in [0.15, 0.2) is 30.3 Å². The third-order valence-electron chi connectivity index (χ3n) is 4.24. The van der Waals surface area contributed by atoms with Crippen LogP contribution in [0.2, 0.25) is 5.02 Å². The minimum absolute atomic E-state index is 0.166. The number of rotatable bonds is 3. The second kappa shape index (κ2) is 6.62. The second-order valence-electron chi connectivity index (χ2n) is 5.93. The summed E-state index contributed by atoms with van der Waals surface area (Å²) in [5.41, 5.74) is 3.03. The Kier molecular flexibility index (Phi) is 4.57. The Morgan fingerprint density at radius 2 is 1.96 bits per heavy atom. The van der Waals surface area contributed by atoms with Gasteiger partial charge in [-0.05, 0) is 31.2 Å². The van der Waals surface area contributed by atoms with Gasteiger partial charge in [0.1, 0.15) is 0 Å². The predicted octanol–water partition coefficient (Wildman–Crippen LogP) is 2.27. The Bertz CT molecular complexity index is 704. The summed E-state index contributed by atoms with van der Waals surface area (Å²) in [4.78, 5) is 16.7. The van der Waals surface area contributed by atoms with Gasteiger partial charge in [0.15, 0.2) is 0 Å². The molecule has 1 aromatic carbocycles. The van der Waals surface area contributed by atoms with E-state index in [0.29, 0.717) is 6.42 Å². The highest BCUT2D eigenvalue weighted by Crippen LogP contribution is 2.21. The first-order chi connectivity index (χ1) is 11.0. The molecule has 0 N–H and O–H groups in total. The molecule has 0 unspecified atom stereocenters. The third kappa shape index (κ3) is 3.67. The summed E-state index contributed by atoms with van der Waals surface area (Å²) in [7, 11) is 1.88. The van der Waals surface area contributed by atoms with Crippen molar-refractivity contribution < 1.29 is 4.79 Å². The minimum atomic E-state index is 0.166. The number of carbonyl (C=O) groups is 1. The Balaban J connectivity index is 1.58. The average Bonchev–Trinajstić information content (AvgIpc) is 2.85. The Morgan fingerprint density at radius 3 is 2.57 bits per heavy atom. The molecule has 0 spiro atoms. The molecule has 1 aromatic heterocycles. The number of halogens is 1. The van der Waals surface area contributed by atoms with Gasteiger partial charge >= 0.3 is 0 Å². The molecular formula is C17H21ClN4O. The molecule has 0 saturated carbocycles. The molecule has 0 bridgehead atoms. The lowest BCUT2D eigenvalue weighted by Gasteiger charge is -2.36. The summed E-state index contributed by atoms with van der Waals surface area (Å²) >= 11 is 6.05. The molecule has 1 aliphatic heterocycles. The van der Waals surface area contributed by atoms with Gasteiger partial charge in [0.2, 0.25) is 5.91 Å². The maximum atomic E-state index is 12.5. The number of benzene rings is 1. The van der Waals surface area contributed by atoms with Crippen LogP contribution in [0.5, 0.6) is 0 Å². The number of carbonyl (C=O) groups excluding carboxylic acids is 1. The van der Waals surface area contributed by atoms with Gasteiger partial charge in [0.05, 0.1) is 12.1 Å². The van der Waals surface area contributed by atoms with Crippen molar-refractivity contribution in [3.05, 3.63) is 46.7 Å². The van der Waals surface area contributed by atoms with Crippen molar-refractivity contribution >= 4 is 23.2 Å². The molecule has 0 radical (unpaired) electrons. The van der Waals surface area contributed by atoms with Crippen molar-refractivity contribution in [1.29, 1.82) is 0 Å². The number of hydrogen-bond donors (Lipinski definition) is 0. The van der Waals surface area contributed by atoms with Crippen molar-refractivity contribution in [3.8, 4) is 0 Å². The predicted molar refractivity (Wildman–Crippen MR) is 91.9 cm³/mol. The fourth-order valence-electron chi connectivity index (χ4n) is 2.98. The summed E-state index contributed by atoms with van der Waals surface area (Å²) in [6.07, 6.45) is 0.411. The largest absolute Gasteiger partial charge is 0.368 e. The maximum absolute atomic E-state index is 12.5. The van der Waals surface area contributed by atoms with Crippen LogP contribution in [0.1, 0.15) is 11.4 Å². The smallest absolute Gasteiger partial charge is 0.228 e. The van der Waals surface area contributed by atoms with E-state index in [9.17, 15) is 4.79 Å². The lowest BCUT2D eigenvalue weighted by Crippen LogP contribution is -2.49. The average molecular weight is 333 g/mol. The first-order valence-electron chi connectivity index (χ1n) is 7.81. The standard InChI is InChI=1S/C17H21ClN4O/c1-13-10-16(20(2)19-13)12-17(23)22-8-6-21(7-9-22)15-5-3-4-14(18)11-15/h3-5,10-11H,6-9,12H2,1-2H3. The molecule has 3 rings (SSSR count). The van der Waals surface area contributed by atoms with E-state index in [1.165, 1.54) is 0 Å². The summed E-state index contributed by atoms with van der Waals surface area (Å²) in [6.45, 7) is 5.08. The number of hydrogen-bond acceptors (Lipinski definition) is 3. The minimum Gasteiger partial charge on any atom is -0.368 e. The van der Waals surface area contributed by atoms with E-state index in [0.717, 1.165) is 48.3 Å². The molecule has 1 aliphatic rings. The van der Waals surface area contributed by atoms with Crippen LogP contribution in [0, 0.1) is 6.92 Å². The first-order valence-corrected chi connectivity index (χ1v) is 8.18. The molecule has 122 valence electrons. The zero-order valence-electron chi connectivity index (χ0n) is 13.5. The van der Waals surface area contributed by atoms with Crippen molar-refractivity contribution in [2.24, 2.45) is 7.05 Å². The Labute approximate surface area is 141 Å². The van der Waals surface area contributed by atoms with E-state index in [1.54, 1.807) is 4.68 Å². The number of nitrogens with zero attached hydrogens (tertiary/aromatic N) is 4. The molecule has 0 atom stereocenters. The molecule has 5 nitrogen and oxygen atoms in total. The summed E-state index contributed by atoms with van der Waals surface area (Å²) < 4.78 is 1.79. The summed E-state index contributed by atoms with van der Waals surface area (Å²) in [5.74, 6) is 0.166. The highest BCUT2D eigenvalue weighted by molar-refractivity contribution is 6.30. The van der Waals surface area contributed by atoms with E-state index < -0.39 is 0 Å². The maximum Gasteiger partial charge on any atom is 0.228 e. The van der Waals surface area contributed by atoms with Crippen LogP contribution in [0.25, 0.3) is 0 Å². The van der Waals surface area contributed by atoms with Gasteiger partial charge in [0.25, 0.3) is 0 Å². The monoisotopic (exact) mass is 332 g/mol. The van der Waals surface area contributed by atoms with Crippen molar-refractivity contribution in [2.45, 2.75) is 13.3 Å². The number of amides is 1. The summed E-state index contributed by atoms with van der Waals surface area (Å²) in [5, 5.41) is 5.04. The van der Waals surface area contributed by atoms with Crippen molar-refractivity contribution in [2.75, 3.05) is 31.1 Å². The molecule has 1 fully saturated rings. The van der Waals surface area contributed by atoms with Crippen LogP contribution in [0.4, 0.5) is 5.69 Å². The number of anilines is 1. The van der Waals surface area contributed by atoms with E-state index in [-0.39, 0.29) is 5.91 Å². The summed E-state index contributed by atoms with van der Waals surface area (Å²) in [6, 6.07) is 9.83. The van der Waals surface area contributed by atoms with Crippen LogP contribution < -0.4 is 4.90 Å². The van der Waals surface area contributed by atoms with Gasteiger partial charge in [-0.2, -0.15) is 5.10 Å². The molecule has 1 amide bonds. The molecule has 0 aliphatic carbocycles. The Morgan fingerprint density at radius 1 is 1.22 bits per heavy atom. The zero-order valence-corrected chi connectivity index (χ0v) is 14.3. The first kappa shape index (κ1) is 15.9. The van der Waals surface area contributed by atoms with Crippen LogP contribution >= 0.6 is 11.6 Å². The van der Waals surface area contributed by atoms with E-state index in [4.69, 9.17) is 11.6 Å². The van der Waals surface area contributed by atoms with Crippen molar-refractivity contribution in [3.63, 3.8) is 0 Å². The van der Waals surface area contributed by atoms with E-state index in [2.05, 4.69) is 16.1 Å². The molecule has 1 saturated heterocycles. The van der Waals surface area contributed by atoms with Crippen LogP contribution in [-0.2, 0) is 18.3 Å². The SMILES string of the molecule is Cc1cc(CC(=O)N2CCN(c3cccc(Cl)c3)CC2)n(C)n1. The molecule has 2 aromatic rings. The quantitative estimate of drug-likeness (QED) is 0.866. The van der Waals surface area contributed by atoms with E-state index >= 15 is 0 Å². The highest BCUT2D eigenvalue weighted by atomic mass is 35.5. The van der Waals surface area contributed by atoms with Crippen LogP contribution in [0.3, 0.4) is 0 Å². The van der Waals surface area contributed by atoms with Gasteiger partial charge in [0, 0.05) is 49.6 Å². The van der Waals surface area contributed by atoms with Gasteiger partial charge < -0.3 is 9.80 Å². The van der Waals surface area contributed by atoms with Gasteiger partial charge in [-0.15, -0.1) is 0 Å². The van der Waals surface area contributed by atoms with E-state index in [1.807, 2.05) is 43.1 Å².